The van der Waals surface area contributed by atoms with Crippen molar-refractivity contribution in [2.75, 3.05) is 0 Å². The van der Waals surface area contributed by atoms with Gasteiger partial charge in [-0.15, -0.1) is 0 Å². The molecular weight excluding hydrogens is 253 g/mol. The summed E-state index contributed by atoms with van der Waals surface area (Å²) in [4.78, 5) is 8.23. The summed E-state index contributed by atoms with van der Waals surface area (Å²) < 4.78 is 34.4. The van der Waals surface area contributed by atoms with Crippen LogP contribution < -0.4 is 0 Å². The fourth-order valence-electron chi connectivity index (χ4n) is 0.851. The Morgan fingerprint density at radius 1 is 1.47 bits per heavy atom. The summed E-state index contributed by atoms with van der Waals surface area (Å²) in [7, 11) is 0.401. The summed E-state index contributed by atoms with van der Waals surface area (Å²) in [6.07, 6.45) is 0. The molecule has 0 aliphatic carbocycles. The monoisotopic (exact) mass is 255 g/mol. The normalized spacial score (nSPS) is 11.3. The van der Waals surface area contributed by atoms with Gasteiger partial charge in [-0.2, -0.15) is 0 Å². The molecular formula is C6H3ClFNO5S. The molecule has 1 rings (SSSR count). The molecule has 82 valence electrons. The lowest BCUT2D eigenvalue weighted by Gasteiger charge is -2.01. The van der Waals surface area contributed by atoms with E-state index in [0.717, 1.165) is 0 Å². The van der Waals surface area contributed by atoms with E-state index in [4.69, 9.17) is 15.8 Å². The van der Waals surface area contributed by atoms with Crippen LogP contribution in [0.2, 0.25) is 0 Å². The maximum atomic E-state index is 12.9. The number of rotatable bonds is 2. The van der Waals surface area contributed by atoms with Crippen molar-refractivity contribution >= 4 is 25.4 Å². The standard InChI is InChI=1S/C6H3ClFNO5S/c7-15(13,14)5-2-3(9(11)12)1-4(8)6(5)10/h1-2,10H. The molecule has 0 amide bonds. The van der Waals surface area contributed by atoms with E-state index in [1.54, 1.807) is 0 Å². The minimum Gasteiger partial charge on any atom is -0.504 e. The molecule has 0 saturated heterocycles. The molecule has 0 unspecified atom stereocenters. The summed E-state index contributed by atoms with van der Waals surface area (Å²) >= 11 is 0. The number of halogens is 2. The minimum atomic E-state index is -4.43. The van der Waals surface area contributed by atoms with Gasteiger partial charge in [0.05, 0.1) is 11.0 Å². The van der Waals surface area contributed by atoms with Gasteiger partial charge in [0, 0.05) is 16.7 Å². The summed E-state index contributed by atoms with van der Waals surface area (Å²) in [6.45, 7) is 0. The van der Waals surface area contributed by atoms with Crippen LogP contribution in [0.4, 0.5) is 10.1 Å². The fraction of sp³-hybridized carbons (Fsp3) is 0. The molecule has 0 bridgehead atoms. The van der Waals surface area contributed by atoms with Crippen LogP contribution in [0.5, 0.6) is 5.75 Å². The lowest BCUT2D eigenvalue weighted by atomic mass is 10.3. The topological polar surface area (TPSA) is 97.5 Å². The van der Waals surface area contributed by atoms with Crippen LogP contribution in [0.1, 0.15) is 0 Å². The number of phenols is 1. The van der Waals surface area contributed by atoms with Gasteiger partial charge in [-0.05, 0) is 0 Å². The Morgan fingerprint density at radius 3 is 2.40 bits per heavy atom. The molecule has 9 heteroatoms. The molecule has 6 nitrogen and oxygen atoms in total. The molecule has 0 aliphatic heterocycles. The van der Waals surface area contributed by atoms with Crippen molar-refractivity contribution < 1.29 is 22.8 Å². The number of nitrogens with zero attached hydrogens (tertiary/aromatic N) is 1. The van der Waals surface area contributed by atoms with Crippen molar-refractivity contribution in [3.8, 4) is 5.75 Å². The highest BCUT2D eigenvalue weighted by Crippen LogP contribution is 2.32. The van der Waals surface area contributed by atoms with Gasteiger partial charge in [0.15, 0.2) is 11.6 Å². The first-order chi connectivity index (χ1) is 6.73. The van der Waals surface area contributed by atoms with E-state index in [2.05, 4.69) is 0 Å². The highest BCUT2D eigenvalue weighted by Gasteiger charge is 2.23. The van der Waals surface area contributed by atoms with Crippen LogP contribution in [0.15, 0.2) is 17.0 Å². The number of benzene rings is 1. The quantitative estimate of drug-likeness (QED) is 0.489. The average Bonchev–Trinajstić information content (AvgIpc) is 2.06. The zero-order valence-corrected chi connectivity index (χ0v) is 8.42. The zero-order chi connectivity index (χ0) is 11.8. The summed E-state index contributed by atoms with van der Waals surface area (Å²) in [5.41, 5.74) is -0.815. The third-order valence-corrected chi connectivity index (χ3v) is 2.82. The van der Waals surface area contributed by atoms with E-state index in [-0.39, 0.29) is 0 Å². The number of non-ortho nitro benzene ring substituents is 1. The second kappa shape index (κ2) is 3.63. The Kier molecular flexibility index (Phi) is 2.82. The summed E-state index contributed by atoms with van der Waals surface area (Å²) in [5.74, 6) is -2.67. The van der Waals surface area contributed by atoms with E-state index < -0.39 is 36.1 Å². The Labute approximate surface area is 87.5 Å². The molecule has 0 atom stereocenters. The van der Waals surface area contributed by atoms with Crippen molar-refractivity contribution in [1.82, 2.24) is 0 Å². The van der Waals surface area contributed by atoms with Gasteiger partial charge in [-0.1, -0.05) is 0 Å². The predicted molar refractivity (Wildman–Crippen MR) is 47.8 cm³/mol. The smallest absolute Gasteiger partial charge is 0.273 e. The predicted octanol–water partition coefficient (Wildman–Crippen LogP) is 1.37. The van der Waals surface area contributed by atoms with Gasteiger partial charge in [-0.3, -0.25) is 10.1 Å². The van der Waals surface area contributed by atoms with Crippen LogP contribution in [0.3, 0.4) is 0 Å². The van der Waals surface area contributed by atoms with Crippen molar-refractivity contribution in [2.24, 2.45) is 0 Å². The molecule has 15 heavy (non-hydrogen) atoms. The van der Waals surface area contributed by atoms with Crippen LogP contribution >= 0.6 is 10.7 Å². The molecule has 0 aliphatic rings. The SMILES string of the molecule is O=[N+]([O-])c1cc(F)c(O)c(S(=O)(=O)Cl)c1. The van der Waals surface area contributed by atoms with Crippen molar-refractivity contribution in [1.29, 1.82) is 0 Å². The number of nitro benzene ring substituents is 1. The molecule has 0 heterocycles. The van der Waals surface area contributed by atoms with Gasteiger partial charge >= 0.3 is 0 Å². The second-order valence-corrected chi connectivity index (χ2v) is 5.00. The van der Waals surface area contributed by atoms with Gasteiger partial charge in [0.25, 0.3) is 14.7 Å². The van der Waals surface area contributed by atoms with E-state index >= 15 is 0 Å². The van der Waals surface area contributed by atoms with Crippen molar-refractivity contribution in [3.63, 3.8) is 0 Å². The highest BCUT2D eigenvalue weighted by atomic mass is 35.7. The summed E-state index contributed by atoms with van der Waals surface area (Å²) in [5, 5.41) is 19.2. The van der Waals surface area contributed by atoms with Crippen LogP contribution in [0, 0.1) is 15.9 Å². The number of hydrogen-bond donors (Lipinski definition) is 1. The molecule has 1 aromatic carbocycles. The number of aromatic hydroxyl groups is 1. The first-order valence-corrected chi connectivity index (χ1v) is 5.66. The highest BCUT2D eigenvalue weighted by molar-refractivity contribution is 8.13. The lowest BCUT2D eigenvalue weighted by Crippen LogP contribution is -1.97. The molecule has 0 radical (unpaired) electrons. The second-order valence-electron chi connectivity index (χ2n) is 2.47. The molecule has 0 saturated carbocycles. The van der Waals surface area contributed by atoms with E-state index in [0.29, 0.717) is 12.1 Å². The van der Waals surface area contributed by atoms with Crippen molar-refractivity contribution in [2.45, 2.75) is 4.90 Å². The Morgan fingerprint density at radius 2 is 2.00 bits per heavy atom. The van der Waals surface area contributed by atoms with Gasteiger partial charge in [0.2, 0.25) is 0 Å². The van der Waals surface area contributed by atoms with Crippen molar-refractivity contribution in [3.05, 3.63) is 28.1 Å². The summed E-state index contributed by atoms with van der Waals surface area (Å²) in [6, 6.07) is 0.863. The Balaban J connectivity index is 3.59. The molecule has 1 aromatic rings. The molecule has 0 fully saturated rings. The third kappa shape index (κ3) is 2.34. The number of hydrogen-bond acceptors (Lipinski definition) is 5. The first-order valence-electron chi connectivity index (χ1n) is 3.35. The molecule has 1 N–H and O–H groups in total. The molecule has 0 spiro atoms. The number of phenolic OH excluding ortho intramolecular Hbond substituents is 1. The van der Waals surface area contributed by atoms with E-state index in [9.17, 15) is 22.9 Å². The largest absolute Gasteiger partial charge is 0.504 e. The van der Waals surface area contributed by atoms with Crippen LogP contribution in [0.25, 0.3) is 0 Å². The third-order valence-electron chi connectivity index (χ3n) is 1.49. The van der Waals surface area contributed by atoms with Gasteiger partial charge in [-0.25, -0.2) is 12.8 Å². The van der Waals surface area contributed by atoms with Gasteiger partial charge in [0.1, 0.15) is 4.90 Å². The fourth-order valence-corrected chi connectivity index (χ4v) is 1.79. The Bertz CT molecular complexity index is 529. The van der Waals surface area contributed by atoms with E-state index in [1.807, 2.05) is 0 Å². The number of nitro groups is 1. The first kappa shape index (κ1) is 11.7. The molecule has 0 aromatic heterocycles. The van der Waals surface area contributed by atoms with Crippen LogP contribution in [-0.4, -0.2) is 18.4 Å². The maximum absolute atomic E-state index is 12.9. The zero-order valence-electron chi connectivity index (χ0n) is 6.85. The van der Waals surface area contributed by atoms with E-state index in [1.165, 1.54) is 0 Å². The lowest BCUT2D eigenvalue weighted by molar-refractivity contribution is -0.385. The Hall–Kier alpha value is -1.41. The maximum Gasteiger partial charge on any atom is 0.273 e. The minimum absolute atomic E-state index is 0.390. The van der Waals surface area contributed by atoms with Gasteiger partial charge < -0.3 is 5.11 Å². The average molecular weight is 256 g/mol. The van der Waals surface area contributed by atoms with Crippen LogP contribution in [-0.2, 0) is 9.05 Å².